The Bertz CT molecular complexity index is 1490. The zero-order valence-corrected chi connectivity index (χ0v) is 39.1. The van der Waals surface area contributed by atoms with Gasteiger partial charge in [-0.05, 0) is 134 Å². The number of fused-ring (bicyclic) bond motifs is 6. The molecule has 4 atom stereocenters. The largest absolute Gasteiger partial charge is 0.140 e. The van der Waals surface area contributed by atoms with Crippen LogP contribution in [0.1, 0.15) is 227 Å². The molecule has 0 amide bonds. The van der Waals surface area contributed by atoms with Gasteiger partial charge in [-0.2, -0.15) is 0 Å². The van der Waals surface area contributed by atoms with Crippen molar-refractivity contribution >= 4 is 22.7 Å². The number of thiophene rings is 2. The van der Waals surface area contributed by atoms with E-state index in [4.69, 9.17) is 0 Å². The number of hydrogen-bond acceptors (Lipinski definition) is 2. The lowest BCUT2D eigenvalue weighted by atomic mass is 9.62. The molecule has 2 aliphatic rings. The maximum atomic E-state index is 2.70. The van der Waals surface area contributed by atoms with Crippen LogP contribution in [0.3, 0.4) is 0 Å². The van der Waals surface area contributed by atoms with E-state index < -0.39 is 0 Å². The minimum absolute atomic E-state index is 0.111. The fraction of sp³-hybridized carbons (Fsp3) is 0.731. The monoisotopic (exact) mass is 771 g/mol. The molecule has 3 aromatic rings. The Morgan fingerprint density at radius 1 is 0.444 bits per heavy atom. The van der Waals surface area contributed by atoms with Crippen LogP contribution < -0.4 is 0 Å². The van der Waals surface area contributed by atoms with E-state index in [0.717, 1.165) is 23.7 Å². The molecule has 4 unspecified atom stereocenters. The van der Waals surface area contributed by atoms with Crippen LogP contribution >= 0.6 is 22.7 Å². The highest BCUT2D eigenvalue weighted by Crippen LogP contribution is 2.67. The molecule has 0 radical (unpaired) electrons. The van der Waals surface area contributed by atoms with Gasteiger partial charge in [0, 0.05) is 30.3 Å². The van der Waals surface area contributed by atoms with E-state index in [-0.39, 0.29) is 10.8 Å². The highest BCUT2D eigenvalue weighted by molar-refractivity contribution is 7.16. The van der Waals surface area contributed by atoms with Crippen LogP contribution in [0.2, 0.25) is 0 Å². The topological polar surface area (TPSA) is 0 Å². The summed E-state index contributed by atoms with van der Waals surface area (Å²) >= 11 is 4.29. The summed E-state index contributed by atoms with van der Waals surface area (Å²) in [6, 6.07) is 5.40. The van der Waals surface area contributed by atoms with Crippen molar-refractivity contribution in [3.8, 4) is 20.9 Å². The molecule has 0 fully saturated rings. The molecule has 0 N–H and O–H groups in total. The molecule has 5 rings (SSSR count). The number of hydrogen-bond donors (Lipinski definition) is 0. The fourth-order valence-corrected chi connectivity index (χ4v) is 14.3. The van der Waals surface area contributed by atoms with E-state index in [1.807, 2.05) is 0 Å². The van der Waals surface area contributed by atoms with Gasteiger partial charge >= 0.3 is 0 Å². The van der Waals surface area contributed by atoms with Crippen molar-refractivity contribution in [1.82, 2.24) is 0 Å². The molecule has 302 valence electrons. The minimum atomic E-state index is 0.111. The SMILES string of the molecule is CCCCC(CC)CC1(CC(CC)CCCC)c2cc(C)sc2-c2c(C)c3c(c(C)c21)-c1sc(C)cc1C3(CC(CC)CCCC)CC(CC)CCCC. The number of aryl methyl sites for hydroxylation is 2. The summed E-state index contributed by atoms with van der Waals surface area (Å²) in [5.41, 5.74) is 14.0. The molecule has 54 heavy (non-hydrogen) atoms. The van der Waals surface area contributed by atoms with Gasteiger partial charge in [0.15, 0.2) is 0 Å². The van der Waals surface area contributed by atoms with Gasteiger partial charge in [0.25, 0.3) is 0 Å². The molecule has 0 bridgehead atoms. The van der Waals surface area contributed by atoms with Crippen LogP contribution in [0.15, 0.2) is 12.1 Å². The van der Waals surface area contributed by atoms with Crippen LogP contribution in [-0.2, 0) is 10.8 Å². The highest BCUT2D eigenvalue weighted by atomic mass is 32.1. The first-order valence-corrected chi connectivity index (χ1v) is 25.1. The van der Waals surface area contributed by atoms with Gasteiger partial charge < -0.3 is 0 Å². The second-order valence-electron chi connectivity index (χ2n) is 18.6. The van der Waals surface area contributed by atoms with Crippen molar-refractivity contribution in [2.24, 2.45) is 23.7 Å². The summed E-state index contributed by atoms with van der Waals surface area (Å²) in [5.74, 6) is 3.08. The average molecular weight is 771 g/mol. The summed E-state index contributed by atoms with van der Waals surface area (Å²) in [6.45, 7) is 29.7. The molecule has 2 heteroatoms. The molecule has 0 aliphatic heterocycles. The van der Waals surface area contributed by atoms with Crippen LogP contribution in [0.5, 0.6) is 0 Å². The lowest BCUT2D eigenvalue weighted by Crippen LogP contribution is -2.34. The second kappa shape index (κ2) is 19.4. The molecule has 0 nitrogen and oxygen atoms in total. The van der Waals surface area contributed by atoms with Crippen molar-refractivity contribution in [3.63, 3.8) is 0 Å². The van der Waals surface area contributed by atoms with Crippen LogP contribution in [0.25, 0.3) is 20.9 Å². The maximum absolute atomic E-state index is 2.70. The van der Waals surface area contributed by atoms with E-state index in [0.29, 0.717) is 0 Å². The first kappa shape index (κ1) is 43.7. The molecule has 2 heterocycles. The number of benzene rings is 1. The van der Waals surface area contributed by atoms with Crippen LogP contribution in [0, 0.1) is 51.4 Å². The average Bonchev–Trinajstić information content (AvgIpc) is 3.88. The summed E-state index contributed by atoms with van der Waals surface area (Å²) in [7, 11) is 0. The van der Waals surface area contributed by atoms with Crippen LogP contribution in [0.4, 0.5) is 0 Å². The first-order chi connectivity index (χ1) is 26.0. The van der Waals surface area contributed by atoms with Crippen molar-refractivity contribution in [2.45, 2.75) is 222 Å². The fourth-order valence-electron chi connectivity index (χ4n) is 11.9. The standard InChI is InChI=1S/C52H82S2/c1-13-21-25-39(17-5)31-51(32-40(18-6)26-22-14-2)43-29-35(9)53-49(43)45-38(12)48-46(37(11)47(45)51)50-44(30-36(10)54-50)52(48,33-41(19-7)27-23-15-3)34-42(20-8)28-24-16-4/h29-30,39-42H,13-28,31-34H2,1-12H3. The van der Waals surface area contributed by atoms with Crippen molar-refractivity contribution in [1.29, 1.82) is 0 Å². The third-order valence-electron chi connectivity index (χ3n) is 14.9. The quantitative estimate of drug-likeness (QED) is 0.0851. The predicted octanol–water partition coefficient (Wildman–Crippen LogP) is 18.0. The van der Waals surface area contributed by atoms with E-state index in [9.17, 15) is 0 Å². The Morgan fingerprint density at radius 2 is 0.722 bits per heavy atom. The number of rotatable bonds is 24. The van der Waals surface area contributed by atoms with E-state index in [2.05, 4.69) is 118 Å². The molecule has 0 spiro atoms. The molecule has 0 saturated carbocycles. The summed E-state index contributed by atoms with van der Waals surface area (Å²) in [6.07, 6.45) is 26.7. The summed E-state index contributed by atoms with van der Waals surface area (Å²) in [5, 5.41) is 0. The third kappa shape index (κ3) is 8.29. The third-order valence-corrected chi connectivity index (χ3v) is 17.0. The van der Waals surface area contributed by atoms with Crippen molar-refractivity contribution in [2.75, 3.05) is 0 Å². The highest BCUT2D eigenvalue weighted by Gasteiger charge is 2.54. The van der Waals surface area contributed by atoms with Gasteiger partial charge in [0.1, 0.15) is 0 Å². The second-order valence-corrected chi connectivity index (χ2v) is 21.1. The first-order valence-electron chi connectivity index (χ1n) is 23.4. The Balaban J connectivity index is 1.87. The minimum Gasteiger partial charge on any atom is -0.140 e. The normalized spacial score (nSPS) is 20.8. The molecule has 2 aromatic heterocycles. The van der Waals surface area contributed by atoms with Gasteiger partial charge in [0.05, 0.1) is 0 Å². The van der Waals surface area contributed by atoms with E-state index in [1.54, 1.807) is 54.3 Å². The maximum Gasteiger partial charge on any atom is 0.0392 e. The summed E-state index contributed by atoms with van der Waals surface area (Å²) in [4.78, 5) is 6.37. The smallest absolute Gasteiger partial charge is 0.0392 e. The Morgan fingerprint density at radius 3 is 0.963 bits per heavy atom. The van der Waals surface area contributed by atoms with Crippen molar-refractivity contribution in [3.05, 3.63) is 55.3 Å². The van der Waals surface area contributed by atoms with E-state index >= 15 is 0 Å². The number of unbranched alkanes of at least 4 members (excludes halogenated alkanes) is 4. The predicted molar refractivity (Wildman–Crippen MR) is 245 cm³/mol. The summed E-state index contributed by atoms with van der Waals surface area (Å²) < 4.78 is 0. The lowest BCUT2D eigenvalue weighted by molar-refractivity contribution is 0.263. The molecule has 0 saturated heterocycles. The zero-order valence-electron chi connectivity index (χ0n) is 37.4. The van der Waals surface area contributed by atoms with Gasteiger partial charge in [-0.3, -0.25) is 0 Å². The molecular formula is C52H82S2. The van der Waals surface area contributed by atoms with Gasteiger partial charge in [-0.15, -0.1) is 22.7 Å². The van der Waals surface area contributed by atoms with Gasteiger partial charge in [0.2, 0.25) is 0 Å². The Hall–Kier alpha value is -1.38. The lowest BCUT2D eigenvalue weighted by Gasteiger charge is -2.41. The van der Waals surface area contributed by atoms with Crippen LogP contribution in [-0.4, -0.2) is 0 Å². The molecule has 1 aromatic carbocycles. The molecule has 2 aliphatic carbocycles. The zero-order chi connectivity index (χ0) is 39.2. The Kier molecular flexibility index (Phi) is 15.7. The van der Waals surface area contributed by atoms with Gasteiger partial charge in [-0.1, -0.05) is 158 Å². The van der Waals surface area contributed by atoms with Gasteiger partial charge in [-0.25, -0.2) is 0 Å². The molecular weight excluding hydrogens is 689 g/mol. The van der Waals surface area contributed by atoms with E-state index in [1.165, 1.54) is 138 Å². The van der Waals surface area contributed by atoms with Crippen molar-refractivity contribution < 1.29 is 0 Å². The Labute approximate surface area is 343 Å².